The van der Waals surface area contributed by atoms with E-state index in [0.717, 1.165) is 17.3 Å². The minimum Gasteiger partial charge on any atom is -0.382 e. The fourth-order valence-corrected chi connectivity index (χ4v) is 3.09. The maximum absolute atomic E-state index is 12.5. The molecule has 1 N–H and O–H groups in total. The summed E-state index contributed by atoms with van der Waals surface area (Å²) in [6.45, 7) is 0.373. The van der Waals surface area contributed by atoms with E-state index in [1.165, 1.54) is 0 Å². The van der Waals surface area contributed by atoms with Crippen molar-refractivity contribution in [1.29, 1.82) is 0 Å². The number of ether oxygens (including phenoxy) is 1. The summed E-state index contributed by atoms with van der Waals surface area (Å²) < 4.78 is 5.22. The van der Waals surface area contributed by atoms with E-state index >= 15 is 0 Å². The van der Waals surface area contributed by atoms with Crippen molar-refractivity contribution in [2.45, 2.75) is 12.1 Å². The number of benzene rings is 1. The Kier molecular flexibility index (Phi) is 5.50. The summed E-state index contributed by atoms with van der Waals surface area (Å²) in [4.78, 5) is 25.3. The van der Waals surface area contributed by atoms with Crippen molar-refractivity contribution >= 4 is 34.5 Å². The Labute approximate surface area is 133 Å². The van der Waals surface area contributed by atoms with Gasteiger partial charge in [-0.3, -0.25) is 9.59 Å². The lowest BCUT2D eigenvalue weighted by Gasteiger charge is -2.30. The van der Waals surface area contributed by atoms with Crippen molar-refractivity contribution in [1.82, 2.24) is 10.2 Å². The normalized spacial score (nSPS) is 19.2. The highest BCUT2D eigenvalue weighted by Crippen LogP contribution is 2.24. The standard InChI is InChI=1S/C14H17ClN2O3S/c1-17(13(18)11-8-21-14(19)16-11)12(7-20-2)9-3-5-10(15)6-4-9/h3-6,11-12H,7-8H2,1-2H3,(H,16,19)/t11-,12+/m1/s1. The minimum absolute atomic E-state index is 0.120. The summed E-state index contributed by atoms with van der Waals surface area (Å²) >= 11 is 7.02. The molecule has 2 atom stereocenters. The highest BCUT2D eigenvalue weighted by molar-refractivity contribution is 8.14. The Balaban J connectivity index is 2.14. The minimum atomic E-state index is -0.473. The molecule has 114 valence electrons. The van der Waals surface area contributed by atoms with Crippen LogP contribution >= 0.6 is 23.4 Å². The van der Waals surface area contributed by atoms with Gasteiger partial charge < -0.3 is 15.0 Å². The molecule has 0 aromatic heterocycles. The van der Waals surface area contributed by atoms with Gasteiger partial charge in [0.25, 0.3) is 5.24 Å². The van der Waals surface area contributed by atoms with Gasteiger partial charge in [-0.05, 0) is 17.7 Å². The number of hydrogen-bond acceptors (Lipinski definition) is 4. The molecule has 0 aliphatic carbocycles. The van der Waals surface area contributed by atoms with Crippen molar-refractivity contribution < 1.29 is 14.3 Å². The third-order valence-electron chi connectivity index (χ3n) is 3.37. The summed E-state index contributed by atoms with van der Waals surface area (Å²) in [5.74, 6) is 0.341. The first kappa shape index (κ1) is 16.1. The van der Waals surface area contributed by atoms with Gasteiger partial charge in [0, 0.05) is 24.9 Å². The number of hydrogen-bond donors (Lipinski definition) is 1. The van der Waals surface area contributed by atoms with E-state index in [9.17, 15) is 9.59 Å². The van der Waals surface area contributed by atoms with Crippen LogP contribution in [0.4, 0.5) is 4.79 Å². The average molecular weight is 329 g/mol. The molecule has 0 spiro atoms. The predicted molar refractivity (Wildman–Crippen MR) is 83.6 cm³/mol. The molecule has 1 fully saturated rings. The number of methoxy groups -OCH3 is 1. The number of nitrogens with zero attached hydrogens (tertiary/aromatic N) is 1. The van der Waals surface area contributed by atoms with Gasteiger partial charge in [-0.15, -0.1) is 0 Å². The Morgan fingerprint density at radius 3 is 2.71 bits per heavy atom. The first-order valence-corrected chi connectivity index (χ1v) is 7.83. The van der Waals surface area contributed by atoms with Crippen LogP contribution < -0.4 is 5.32 Å². The number of nitrogens with one attached hydrogen (secondary N) is 1. The van der Waals surface area contributed by atoms with Gasteiger partial charge in [0.15, 0.2) is 0 Å². The van der Waals surface area contributed by atoms with Crippen molar-refractivity contribution in [3.63, 3.8) is 0 Å². The van der Waals surface area contributed by atoms with Gasteiger partial charge >= 0.3 is 0 Å². The van der Waals surface area contributed by atoms with Gasteiger partial charge in [0.05, 0.1) is 12.6 Å². The zero-order chi connectivity index (χ0) is 15.4. The second-order valence-electron chi connectivity index (χ2n) is 4.77. The van der Waals surface area contributed by atoms with E-state index in [-0.39, 0.29) is 17.2 Å². The van der Waals surface area contributed by atoms with Crippen LogP contribution in [0.15, 0.2) is 24.3 Å². The molecule has 2 amide bonds. The molecule has 1 aliphatic heterocycles. The quantitative estimate of drug-likeness (QED) is 0.901. The van der Waals surface area contributed by atoms with Crippen molar-refractivity contribution in [3.05, 3.63) is 34.9 Å². The number of carbonyl (C=O) groups is 2. The molecule has 1 aromatic carbocycles. The molecule has 21 heavy (non-hydrogen) atoms. The number of rotatable bonds is 5. The van der Waals surface area contributed by atoms with Gasteiger partial charge in [0.2, 0.25) is 5.91 Å². The highest BCUT2D eigenvalue weighted by atomic mass is 35.5. The van der Waals surface area contributed by atoms with Crippen LogP contribution in [0.2, 0.25) is 5.02 Å². The molecular formula is C14H17ClN2O3S. The third-order valence-corrected chi connectivity index (χ3v) is 4.50. The summed E-state index contributed by atoms with van der Waals surface area (Å²) in [7, 11) is 3.31. The lowest BCUT2D eigenvalue weighted by Crippen LogP contribution is -2.46. The fraction of sp³-hybridized carbons (Fsp3) is 0.429. The molecule has 0 bridgehead atoms. The van der Waals surface area contributed by atoms with Crippen LogP contribution in [-0.2, 0) is 9.53 Å². The zero-order valence-electron chi connectivity index (χ0n) is 11.8. The van der Waals surface area contributed by atoms with Gasteiger partial charge in [0.1, 0.15) is 6.04 Å². The van der Waals surface area contributed by atoms with Gasteiger partial charge in [-0.2, -0.15) is 0 Å². The average Bonchev–Trinajstić information content (AvgIpc) is 2.91. The van der Waals surface area contributed by atoms with E-state index in [1.807, 2.05) is 12.1 Å². The first-order chi connectivity index (χ1) is 10.0. The van der Waals surface area contributed by atoms with E-state index in [4.69, 9.17) is 16.3 Å². The van der Waals surface area contributed by atoms with Crippen LogP contribution in [0.1, 0.15) is 11.6 Å². The number of carbonyl (C=O) groups excluding carboxylic acids is 2. The molecule has 7 heteroatoms. The smallest absolute Gasteiger partial charge is 0.279 e. The number of thioether (sulfide) groups is 1. The van der Waals surface area contributed by atoms with E-state index < -0.39 is 6.04 Å². The van der Waals surface area contributed by atoms with E-state index in [2.05, 4.69) is 5.32 Å². The first-order valence-electron chi connectivity index (χ1n) is 6.47. The van der Waals surface area contributed by atoms with Crippen molar-refractivity contribution in [2.24, 2.45) is 0 Å². The molecule has 1 heterocycles. The molecule has 2 rings (SSSR count). The second kappa shape index (κ2) is 7.15. The Bertz CT molecular complexity index is 523. The largest absolute Gasteiger partial charge is 0.382 e. The van der Waals surface area contributed by atoms with Crippen molar-refractivity contribution in [2.75, 3.05) is 26.5 Å². The van der Waals surface area contributed by atoms with Crippen LogP contribution in [0.25, 0.3) is 0 Å². The monoisotopic (exact) mass is 328 g/mol. The highest BCUT2D eigenvalue weighted by Gasteiger charge is 2.33. The number of amides is 2. The van der Waals surface area contributed by atoms with Crippen LogP contribution in [0.5, 0.6) is 0 Å². The molecule has 1 aromatic rings. The summed E-state index contributed by atoms with van der Waals surface area (Å²) in [6, 6.07) is 6.62. The van der Waals surface area contributed by atoms with Crippen molar-refractivity contribution in [3.8, 4) is 0 Å². The zero-order valence-corrected chi connectivity index (χ0v) is 13.4. The summed E-state index contributed by atoms with van der Waals surface area (Å²) in [5.41, 5.74) is 0.939. The molecule has 0 radical (unpaired) electrons. The van der Waals surface area contributed by atoms with Crippen LogP contribution in [0, 0.1) is 0 Å². The molecule has 0 unspecified atom stereocenters. The van der Waals surface area contributed by atoms with Crippen LogP contribution in [-0.4, -0.2) is 48.6 Å². The molecule has 1 saturated heterocycles. The second-order valence-corrected chi connectivity index (χ2v) is 6.20. The maximum atomic E-state index is 12.5. The topological polar surface area (TPSA) is 58.6 Å². The molecule has 5 nitrogen and oxygen atoms in total. The third kappa shape index (κ3) is 3.90. The Morgan fingerprint density at radius 1 is 1.52 bits per heavy atom. The maximum Gasteiger partial charge on any atom is 0.279 e. The summed E-state index contributed by atoms with van der Waals surface area (Å²) in [6.07, 6.45) is 0. The Morgan fingerprint density at radius 2 is 2.19 bits per heavy atom. The fourth-order valence-electron chi connectivity index (χ4n) is 2.19. The number of halogens is 1. The lowest BCUT2D eigenvalue weighted by atomic mass is 10.1. The Hall–Kier alpha value is -1.24. The molecule has 0 saturated carbocycles. The summed E-state index contributed by atoms with van der Waals surface area (Å²) in [5, 5.41) is 3.15. The van der Waals surface area contributed by atoms with Crippen LogP contribution in [0.3, 0.4) is 0 Å². The van der Waals surface area contributed by atoms with E-state index in [0.29, 0.717) is 17.4 Å². The van der Waals surface area contributed by atoms with Gasteiger partial charge in [-0.25, -0.2) is 0 Å². The van der Waals surface area contributed by atoms with E-state index in [1.54, 1.807) is 31.2 Å². The predicted octanol–water partition coefficient (Wildman–Crippen LogP) is 2.31. The number of likely N-dealkylation sites (N-methyl/N-ethyl adjacent to an activating group) is 1. The molecule has 1 aliphatic rings. The molecular weight excluding hydrogens is 312 g/mol. The SMILES string of the molecule is COC[C@@H](c1ccc(Cl)cc1)N(C)C(=O)[C@H]1CSC(=O)N1. The van der Waals surface area contributed by atoms with Gasteiger partial charge in [-0.1, -0.05) is 35.5 Å². The lowest BCUT2D eigenvalue weighted by molar-refractivity contribution is -0.134.